The summed E-state index contributed by atoms with van der Waals surface area (Å²) in [6.07, 6.45) is 6.90. The van der Waals surface area contributed by atoms with E-state index < -0.39 is 17.4 Å². The lowest BCUT2D eigenvalue weighted by Gasteiger charge is -2.29. The average Bonchev–Trinajstić information content (AvgIpc) is 3.25. The summed E-state index contributed by atoms with van der Waals surface area (Å²) in [5.41, 5.74) is 7.25. The first-order chi connectivity index (χ1) is 11.0. The van der Waals surface area contributed by atoms with Gasteiger partial charge in [0, 0.05) is 20.3 Å². The minimum absolute atomic E-state index is 0.127. The number of rotatable bonds is 8. The lowest BCUT2D eigenvalue weighted by Crippen LogP contribution is -2.50. The van der Waals surface area contributed by atoms with Crippen LogP contribution in [0.5, 0.6) is 0 Å². The summed E-state index contributed by atoms with van der Waals surface area (Å²) in [6, 6.07) is -0.708. The minimum atomic E-state index is -0.708. The zero-order valence-corrected chi connectivity index (χ0v) is 13.7. The van der Waals surface area contributed by atoms with Gasteiger partial charge in [0.25, 0.3) is 5.91 Å². The molecule has 8 nitrogen and oxygen atoms in total. The molecule has 0 aliphatic heterocycles. The van der Waals surface area contributed by atoms with E-state index >= 15 is 0 Å². The van der Waals surface area contributed by atoms with Crippen LogP contribution in [0.1, 0.15) is 37.8 Å². The van der Waals surface area contributed by atoms with Crippen molar-refractivity contribution in [3.63, 3.8) is 0 Å². The maximum atomic E-state index is 12.9. The molecular formula is C15H25N5O3. The van der Waals surface area contributed by atoms with Crippen molar-refractivity contribution < 1.29 is 14.8 Å². The van der Waals surface area contributed by atoms with E-state index in [1.165, 1.54) is 4.90 Å². The zero-order chi connectivity index (χ0) is 17.0. The topological polar surface area (TPSA) is 113 Å². The Morgan fingerprint density at radius 2 is 2.22 bits per heavy atom. The van der Waals surface area contributed by atoms with Crippen LogP contribution in [-0.2, 0) is 22.1 Å². The van der Waals surface area contributed by atoms with Gasteiger partial charge < -0.3 is 15.2 Å². The molecule has 23 heavy (non-hydrogen) atoms. The van der Waals surface area contributed by atoms with E-state index in [9.17, 15) is 9.59 Å². The van der Waals surface area contributed by atoms with Gasteiger partial charge in [0.1, 0.15) is 6.04 Å². The van der Waals surface area contributed by atoms with Crippen molar-refractivity contribution >= 4 is 11.8 Å². The van der Waals surface area contributed by atoms with Crippen molar-refractivity contribution in [2.45, 2.75) is 43.6 Å². The largest absolute Gasteiger partial charge is 0.340 e. The fourth-order valence-electron chi connectivity index (χ4n) is 2.90. The molecule has 1 saturated carbocycles. The molecule has 1 atom stereocenters. The summed E-state index contributed by atoms with van der Waals surface area (Å²) >= 11 is 0. The summed E-state index contributed by atoms with van der Waals surface area (Å²) in [5.74, 6) is -0.702. The van der Waals surface area contributed by atoms with Gasteiger partial charge in [-0.25, -0.2) is 10.5 Å². The van der Waals surface area contributed by atoms with Crippen molar-refractivity contribution in [3.05, 3.63) is 18.2 Å². The van der Waals surface area contributed by atoms with Gasteiger partial charge in [-0.15, -0.1) is 0 Å². The number of imidazole rings is 1. The van der Waals surface area contributed by atoms with Crippen molar-refractivity contribution in [3.8, 4) is 0 Å². The Labute approximate surface area is 135 Å². The number of carbonyl (C=O) groups excluding carboxylic acids is 2. The molecule has 1 heterocycles. The van der Waals surface area contributed by atoms with Crippen molar-refractivity contribution in [2.75, 3.05) is 13.6 Å². The van der Waals surface area contributed by atoms with Gasteiger partial charge in [-0.2, -0.15) is 0 Å². The number of hydrogen-bond acceptors (Lipinski definition) is 5. The van der Waals surface area contributed by atoms with E-state index in [1.54, 1.807) is 18.9 Å². The molecular weight excluding hydrogens is 298 g/mol. The van der Waals surface area contributed by atoms with Gasteiger partial charge in [0.2, 0.25) is 5.91 Å². The van der Waals surface area contributed by atoms with E-state index in [4.69, 9.17) is 10.9 Å². The maximum absolute atomic E-state index is 12.9. The molecule has 0 spiro atoms. The Balaban J connectivity index is 2.13. The number of nitrogens with two attached hydrogens (primary N) is 1. The number of nitrogens with one attached hydrogen (secondary N) is 1. The standard InChI is InChI=1S/C15H25N5O3/c1-19-9-12(17-10-19)15(6-7-15)14(22)20(2)11(13(21)18-23)5-3-4-8-16/h9-11,23H,3-8,16H2,1-2H3,(H,18,21). The quantitative estimate of drug-likeness (QED) is 0.351. The lowest BCUT2D eigenvalue weighted by molar-refractivity contribution is -0.145. The van der Waals surface area contributed by atoms with E-state index in [1.807, 2.05) is 17.8 Å². The monoisotopic (exact) mass is 323 g/mol. The fourth-order valence-corrected chi connectivity index (χ4v) is 2.90. The predicted molar refractivity (Wildman–Crippen MR) is 83.5 cm³/mol. The number of amides is 2. The molecule has 4 N–H and O–H groups in total. The summed E-state index contributed by atoms with van der Waals surface area (Å²) in [6.45, 7) is 0.531. The minimum Gasteiger partial charge on any atom is -0.340 e. The molecule has 1 aliphatic rings. The molecule has 128 valence electrons. The van der Waals surface area contributed by atoms with Crippen molar-refractivity contribution in [1.29, 1.82) is 0 Å². The third-order valence-corrected chi connectivity index (χ3v) is 4.49. The van der Waals surface area contributed by atoms with E-state index in [0.29, 0.717) is 19.4 Å². The van der Waals surface area contributed by atoms with Crippen molar-refractivity contribution in [1.82, 2.24) is 19.9 Å². The number of unbranched alkanes of at least 4 members (excludes halogenated alkanes) is 1. The predicted octanol–water partition coefficient (Wildman–Crippen LogP) is -0.0869. The first-order valence-corrected chi connectivity index (χ1v) is 7.86. The highest BCUT2D eigenvalue weighted by Gasteiger charge is 2.55. The highest BCUT2D eigenvalue weighted by atomic mass is 16.5. The molecule has 1 fully saturated rings. The van der Waals surface area contributed by atoms with Gasteiger partial charge in [0.15, 0.2) is 0 Å². The Kier molecular flexibility index (Phi) is 5.38. The first kappa shape index (κ1) is 17.4. The number of carbonyl (C=O) groups is 2. The Hall–Kier alpha value is -1.93. The van der Waals surface area contributed by atoms with Gasteiger partial charge >= 0.3 is 0 Å². The van der Waals surface area contributed by atoms with Crippen LogP contribution in [0.4, 0.5) is 0 Å². The summed E-state index contributed by atoms with van der Waals surface area (Å²) in [4.78, 5) is 30.6. The highest BCUT2D eigenvalue weighted by molar-refractivity contribution is 5.94. The van der Waals surface area contributed by atoms with Crippen LogP contribution in [0.15, 0.2) is 12.5 Å². The summed E-state index contributed by atoms with van der Waals surface area (Å²) < 4.78 is 1.81. The third-order valence-electron chi connectivity index (χ3n) is 4.49. The highest BCUT2D eigenvalue weighted by Crippen LogP contribution is 2.49. The second-order valence-electron chi connectivity index (χ2n) is 6.20. The van der Waals surface area contributed by atoms with Crippen LogP contribution in [0.2, 0.25) is 0 Å². The number of hydroxylamine groups is 1. The first-order valence-electron chi connectivity index (χ1n) is 7.86. The molecule has 0 saturated heterocycles. The van der Waals surface area contributed by atoms with Crippen LogP contribution in [0, 0.1) is 0 Å². The molecule has 1 unspecified atom stereocenters. The van der Waals surface area contributed by atoms with Crippen LogP contribution < -0.4 is 11.2 Å². The maximum Gasteiger partial charge on any atom is 0.266 e. The average molecular weight is 323 g/mol. The lowest BCUT2D eigenvalue weighted by atomic mass is 9.99. The molecule has 8 heteroatoms. The van der Waals surface area contributed by atoms with Crippen LogP contribution in [0.25, 0.3) is 0 Å². The number of aromatic nitrogens is 2. The van der Waals surface area contributed by atoms with E-state index in [2.05, 4.69) is 4.98 Å². The van der Waals surface area contributed by atoms with Gasteiger partial charge in [-0.1, -0.05) is 0 Å². The fraction of sp³-hybridized carbons (Fsp3) is 0.667. The molecule has 2 rings (SSSR count). The molecule has 1 aromatic heterocycles. The van der Waals surface area contributed by atoms with Crippen LogP contribution >= 0.6 is 0 Å². The normalized spacial score (nSPS) is 16.7. The summed E-state index contributed by atoms with van der Waals surface area (Å²) in [7, 11) is 3.46. The second-order valence-corrected chi connectivity index (χ2v) is 6.20. The SMILES string of the molecule is CN(C(=O)C1(c2cn(C)cn2)CC1)C(CCCCN)C(=O)NO. The van der Waals surface area contributed by atoms with Gasteiger partial charge in [-0.05, 0) is 38.6 Å². The molecule has 1 aromatic rings. The molecule has 0 aromatic carbocycles. The molecule has 2 amide bonds. The molecule has 0 bridgehead atoms. The van der Waals surface area contributed by atoms with E-state index in [0.717, 1.165) is 25.0 Å². The molecule has 1 aliphatic carbocycles. The Morgan fingerprint density at radius 1 is 1.52 bits per heavy atom. The summed E-state index contributed by atoms with van der Waals surface area (Å²) in [5, 5.41) is 8.95. The van der Waals surface area contributed by atoms with Crippen LogP contribution in [-0.4, -0.2) is 51.1 Å². The van der Waals surface area contributed by atoms with Gasteiger partial charge in [-0.3, -0.25) is 14.8 Å². The Bertz CT molecular complexity index is 567. The number of hydrogen-bond donors (Lipinski definition) is 3. The second kappa shape index (κ2) is 7.10. The third kappa shape index (κ3) is 3.53. The van der Waals surface area contributed by atoms with Gasteiger partial charge in [0.05, 0.1) is 17.4 Å². The Morgan fingerprint density at radius 3 is 2.70 bits per heavy atom. The van der Waals surface area contributed by atoms with E-state index in [-0.39, 0.29) is 5.91 Å². The van der Waals surface area contributed by atoms with Crippen molar-refractivity contribution in [2.24, 2.45) is 12.8 Å². The smallest absolute Gasteiger partial charge is 0.266 e. The zero-order valence-electron chi connectivity index (χ0n) is 13.7. The molecule has 0 radical (unpaired) electrons. The number of likely N-dealkylation sites (N-methyl/N-ethyl adjacent to an activating group) is 1. The number of nitrogens with zero attached hydrogens (tertiary/aromatic N) is 3. The van der Waals surface area contributed by atoms with Crippen LogP contribution in [0.3, 0.4) is 0 Å². The number of aryl methyl sites for hydroxylation is 1.